The quantitative estimate of drug-likeness (QED) is 0.721. The third-order valence-corrected chi connectivity index (χ3v) is 5.20. The van der Waals surface area contributed by atoms with Gasteiger partial charge in [-0.05, 0) is 31.6 Å². The van der Waals surface area contributed by atoms with E-state index in [1.165, 1.54) is 31.9 Å². The normalized spacial score (nSPS) is 30.9. The molecule has 1 heterocycles. The van der Waals surface area contributed by atoms with Gasteiger partial charge >= 0.3 is 0 Å². The highest BCUT2D eigenvalue weighted by atomic mass is 32.2. The highest BCUT2D eigenvalue weighted by molar-refractivity contribution is 7.90. The molecule has 1 aliphatic heterocycles. The first-order valence-corrected chi connectivity index (χ1v) is 9.23. The minimum atomic E-state index is -2.93. The molecule has 0 bridgehead atoms. The minimum absolute atomic E-state index is 0.0305. The first-order chi connectivity index (χ1) is 8.96. The van der Waals surface area contributed by atoms with E-state index >= 15 is 0 Å². The van der Waals surface area contributed by atoms with E-state index < -0.39 is 9.84 Å². The Bertz CT molecular complexity index is 408. The van der Waals surface area contributed by atoms with Gasteiger partial charge in [-0.3, -0.25) is 4.79 Å². The van der Waals surface area contributed by atoms with Gasteiger partial charge in [0.15, 0.2) is 0 Å². The molecular formula is C13H24N2O3S. The smallest absolute Gasteiger partial charge is 0.237 e. The lowest BCUT2D eigenvalue weighted by Gasteiger charge is -2.24. The molecule has 6 heteroatoms. The van der Waals surface area contributed by atoms with E-state index in [0.29, 0.717) is 24.9 Å². The van der Waals surface area contributed by atoms with Crippen LogP contribution in [0.1, 0.15) is 38.5 Å². The average Bonchev–Trinajstić information content (AvgIpc) is 2.77. The molecule has 1 amide bonds. The Morgan fingerprint density at radius 3 is 2.74 bits per heavy atom. The van der Waals surface area contributed by atoms with E-state index in [2.05, 4.69) is 10.6 Å². The van der Waals surface area contributed by atoms with E-state index in [4.69, 9.17) is 0 Å². The molecule has 2 N–H and O–H groups in total. The van der Waals surface area contributed by atoms with E-state index in [-0.39, 0.29) is 17.7 Å². The summed E-state index contributed by atoms with van der Waals surface area (Å²) >= 11 is 0. The van der Waals surface area contributed by atoms with Gasteiger partial charge in [0.1, 0.15) is 9.84 Å². The summed E-state index contributed by atoms with van der Waals surface area (Å²) < 4.78 is 22.0. The monoisotopic (exact) mass is 288 g/mol. The van der Waals surface area contributed by atoms with Crippen LogP contribution in [0.3, 0.4) is 0 Å². The van der Waals surface area contributed by atoms with E-state index in [0.717, 1.165) is 6.42 Å². The Labute approximate surface area is 115 Å². The van der Waals surface area contributed by atoms with Crippen LogP contribution in [0.2, 0.25) is 0 Å². The van der Waals surface area contributed by atoms with Gasteiger partial charge in [-0.1, -0.05) is 12.8 Å². The van der Waals surface area contributed by atoms with Crippen LogP contribution < -0.4 is 10.6 Å². The highest BCUT2D eigenvalue weighted by Gasteiger charge is 2.37. The zero-order valence-corrected chi connectivity index (χ0v) is 12.3. The van der Waals surface area contributed by atoms with Crippen molar-refractivity contribution < 1.29 is 13.2 Å². The molecule has 19 heavy (non-hydrogen) atoms. The molecule has 3 atom stereocenters. The second-order valence-corrected chi connectivity index (χ2v) is 8.14. The fourth-order valence-electron chi connectivity index (χ4n) is 3.19. The molecule has 0 aromatic carbocycles. The molecule has 3 unspecified atom stereocenters. The van der Waals surface area contributed by atoms with Gasteiger partial charge in [0.05, 0.1) is 11.8 Å². The van der Waals surface area contributed by atoms with Crippen LogP contribution in [-0.4, -0.2) is 45.0 Å². The molecule has 2 rings (SSSR count). The number of nitrogens with one attached hydrogen (secondary N) is 2. The molecule has 0 radical (unpaired) electrons. The van der Waals surface area contributed by atoms with Gasteiger partial charge in [-0.15, -0.1) is 0 Å². The molecule has 2 aliphatic rings. The lowest BCUT2D eigenvalue weighted by atomic mass is 9.85. The zero-order chi connectivity index (χ0) is 13.9. The topological polar surface area (TPSA) is 75.3 Å². The maximum absolute atomic E-state index is 12.0. The summed E-state index contributed by atoms with van der Waals surface area (Å²) in [6.45, 7) is 0.444. The number of hydrogen-bond acceptors (Lipinski definition) is 4. The highest BCUT2D eigenvalue weighted by Crippen LogP contribution is 2.33. The van der Waals surface area contributed by atoms with Crippen LogP contribution in [0, 0.1) is 5.92 Å². The second kappa shape index (κ2) is 6.22. The molecule has 0 spiro atoms. The van der Waals surface area contributed by atoms with Crippen LogP contribution in [-0.2, 0) is 14.6 Å². The third-order valence-electron chi connectivity index (χ3n) is 4.17. The zero-order valence-electron chi connectivity index (χ0n) is 11.5. The predicted octanol–water partition coefficient (Wildman–Crippen LogP) is 0.458. The van der Waals surface area contributed by atoms with Gasteiger partial charge in [0.25, 0.3) is 0 Å². The summed E-state index contributed by atoms with van der Waals surface area (Å²) in [5.74, 6) is 0.819. The SMILES string of the molecule is CS(=O)(=O)CCCNC(=O)C1CC2CCCCC2N1. The number of rotatable bonds is 5. The fraction of sp³-hybridized carbons (Fsp3) is 0.923. The molecule has 1 saturated carbocycles. The standard InChI is InChI=1S/C13H24N2O3S/c1-19(17,18)8-4-7-14-13(16)12-9-10-5-2-3-6-11(10)15-12/h10-12,15H,2-9H2,1H3,(H,14,16). The van der Waals surface area contributed by atoms with Gasteiger partial charge in [0.2, 0.25) is 5.91 Å². The fourth-order valence-corrected chi connectivity index (χ4v) is 3.86. The molecule has 0 aromatic rings. The van der Waals surface area contributed by atoms with E-state index in [9.17, 15) is 13.2 Å². The molecule has 0 aromatic heterocycles. The van der Waals surface area contributed by atoms with Crippen LogP contribution in [0.25, 0.3) is 0 Å². The van der Waals surface area contributed by atoms with E-state index in [1.54, 1.807) is 0 Å². The number of hydrogen-bond donors (Lipinski definition) is 2. The summed E-state index contributed by atoms with van der Waals surface area (Å²) in [5, 5.41) is 6.26. The summed E-state index contributed by atoms with van der Waals surface area (Å²) in [4.78, 5) is 12.0. The molecule has 1 saturated heterocycles. The molecule has 5 nitrogen and oxygen atoms in total. The van der Waals surface area contributed by atoms with Crippen molar-refractivity contribution >= 4 is 15.7 Å². The first kappa shape index (κ1) is 14.8. The molecule has 1 aliphatic carbocycles. The van der Waals surface area contributed by atoms with Crippen molar-refractivity contribution in [3.05, 3.63) is 0 Å². The largest absolute Gasteiger partial charge is 0.355 e. The lowest BCUT2D eigenvalue weighted by Crippen LogP contribution is -2.43. The van der Waals surface area contributed by atoms with Crippen molar-refractivity contribution in [2.75, 3.05) is 18.6 Å². The maximum Gasteiger partial charge on any atom is 0.237 e. The number of fused-ring (bicyclic) bond motifs is 1. The molecular weight excluding hydrogens is 264 g/mol. The van der Waals surface area contributed by atoms with E-state index in [1.807, 2.05) is 0 Å². The lowest BCUT2D eigenvalue weighted by molar-refractivity contribution is -0.122. The number of sulfone groups is 1. The average molecular weight is 288 g/mol. The van der Waals surface area contributed by atoms with Crippen molar-refractivity contribution in [2.45, 2.75) is 50.6 Å². The third kappa shape index (κ3) is 4.45. The second-order valence-electron chi connectivity index (χ2n) is 5.88. The Morgan fingerprint density at radius 2 is 2.05 bits per heavy atom. The summed E-state index contributed by atoms with van der Waals surface area (Å²) in [6.07, 6.45) is 7.60. The van der Waals surface area contributed by atoms with Crippen molar-refractivity contribution in [3.8, 4) is 0 Å². The minimum Gasteiger partial charge on any atom is -0.355 e. The first-order valence-electron chi connectivity index (χ1n) is 7.17. The van der Waals surface area contributed by atoms with Gasteiger partial charge in [-0.25, -0.2) is 8.42 Å². The Balaban J connectivity index is 1.69. The van der Waals surface area contributed by atoms with Crippen LogP contribution in [0.5, 0.6) is 0 Å². The maximum atomic E-state index is 12.0. The van der Waals surface area contributed by atoms with Crippen LogP contribution in [0.15, 0.2) is 0 Å². The summed E-state index contributed by atoms with van der Waals surface area (Å²) in [6, 6.07) is 0.437. The number of amides is 1. The van der Waals surface area contributed by atoms with Gasteiger partial charge in [0, 0.05) is 18.8 Å². The Hall–Kier alpha value is -0.620. The predicted molar refractivity (Wildman–Crippen MR) is 74.6 cm³/mol. The summed E-state index contributed by atoms with van der Waals surface area (Å²) in [5.41, 5.74) is 0. The van der Waals surface area contributed by atoms with Crippen molar-refractivity contribution in [1.82, 2.24) is 10.6 Å². The molecule has 110 valence electrons. The summed E-state index contributed by atoms with van der Waals surface area (Å²) in [7, 11) is -2.93. The van der Waals surface area contributed by atoms with Crippen LogP contribution >= 0.6 is 0 Å². The van der Waals surface area contributed by atoms with Crippen LogP contribution in [0.4, 0.5) is 0 Å². The van der Waals surface area contributed by atoms with Crippen molar-refractivity contribution in [3.63, 3.8) is 0 Å². The number of carbonyl (C=O) groups is 1. The van der Waals surface area contributed by atoms with Crippen molar-refractivity contribution in [1.29, 1.82) is 0 Å². The molecule has 2 fully saturated rings. The Morgan fingerprint density at radius 1 is 1.32 bits per heavy atom. The van der Waals surface area contributed by atoms with Gasteiger partial charge < -0.3 is 10.6 Å². The van der Waals surface area contributed by atoms with Gasteiger partial charge in [-0.2, -0.15) is 0 Å². The number of carbonyl (C=O) groups excluding carboxylic acids is 1. The Kier molecular flexibility index (Phi) is 4.84. The van der Waals surface area contributed by atoms with Crippen molar-refractivity contribution in [2.24, 2.45) is 5.92 Å².